The third-order valence-corrected chi connectivity index (χ3v) is 7.49. The molecule has 272 valence electrons. The van der Waals surface area contributed by atoms with Crippen LogP contribution in [0.15, 0.2) is 0 Å². The van der Waals surface area contributed by atoms with E-state index in [0.29, 0.717) is 52.8 Å². The van der Waals surface area contributed by atoms with Gasteiger partial charge in [-0.05, 0) is 38.5 Å². The van der Waals surface area contributed by atoms with E-state index in [9.17, 15) is 14.4 Å². The summed E-state index contributed by atoms with van der Waals surface area (Å²) >= 11 is 0. The Balaban J connectivity index is 1.68. The first-order valence-electron chi connectivity index (χ1n) is 17.6. The number of ether oxygens (including phenoxy) is 6. The average molecular weight is 679 g/mol. The van der Waals surface area contributed by atoms with E-state index in [1.54, 1.807) is 4.90 Å². The molecule has 2 rings (SSSR count). The van der Waals surface area contributed by atoms with Gasteiger partial charge in [0.2, 0.25) is 17.7 Å². The minimum Gasteiger partial charge on any atom is -0.379 e. The summed E-state index contributed by atoms with van der Waals surface area (Å²) in [6.07, 6.45) is 9.57. The summed E-state index contributed by atoms with van der Waals surface area (Å²) in [4.78, 5) is 39.5. The molecular weight excluding hydrogens is 620 g/mol. The van der Waals surface area contributed by atoms with Crippen LogP contribution in [0, 0.1) is 23.7 Å². The average Bonchev–Trinajstić information content (AvgIpc) is 3.05. The van der Waals surface area contributed by atoms with Crippen LogP contribution in [0.3, 0.4) is 0 Å². The Morgan fingerprint density at radius 1 is 0.625 bits per heavy atom. The van der Waals surface area contributed by atoms with Gasteiger partial charge in [0.25, 0.3) is 0 Å². The highest BCUT2D eigenvalue weighted by Crippen LogP contribution is 2.11. The minimum absolute atomic E-state index is 0.0834. The van der Waals surface area contributed by atoms with E-state index in [4.69, 9.17) is 34.2 Å². The predicted octanol–water partition coefficient (Wildman–Crippen LogP) is 1.17. The maximum absolute atomic E-state index is 13.1. The number of hydrogen-bond acceptors (Lipinski definition) is 10. The van der Waals surface area contributed by atoms with Gasteiger partial charge in [0.1, 0.15) is 25.4 Å². The lowest BCUT2D eigenvalue weighted by Gasteiger charge is -2.23. The quantitative estimate of drug-likeness (QED) is 0.0896. The number of nitrogens with zero attached hydrogens (tertiary/aromatic N) is 1. The van der Waals surface area contributed by atoms with E-state index in [2.05, 4.69) is 34.3 Å². The molecule has 0 aromatic heterocycles. The van der Waals surface area contributed by atoms with E-state index in [-0.39, 0.29) is 82.3 Å². The second-order valence-electron chi connectivity index (χ2n) is 11.5. The maximum atomic E-state index is 13.1. The molecule has 48 heavy (non-hydrogen) atoms. The van der Waals surface area contributed by atoms with Crippen LogP contribution in [0.25, 0.3) is 0 Å². The van der Waals surface area contributed by atoms with Crippen LogP contribution in [0.1, 0.15) is 70.6 Å². The van der Waals surface area contributed by atoms with Crippen LogP contribution in [-0.2, 0) is 42.8 Å². The number of carbonyl (C=O) groups excluding carboxylic acids is 3. The van der Waals surface area contributed by atoms with E-state index >= 15 is 0 Å². The van der Waals surface area contributed by atoms with Crippen molar-refractivity contribution >= 4 is 17.7 Å². The lowest BCUT2D eigenvalue weighted by Crippen LogP contribution is -2.44. The van der Waals surface area contributed by atoms with Crippen molar-refractivity contribution in [2.24, 2.45) is 5.73 Å². The molecule has 0 saturated carbocycles. The van der Waals surface area contributed by atoms with Crippen molar-refractivity contribution in [2.45, 2.75) is 82.8 Å². The van der Waals surface area contributed by atoms with Gasteiger partial charge in [-0.25, -0.2) is 0 Å². The molecule has 0 aromatic carbocycles. The summed E-state index contributed by atoms with van der Waals surface area (Å²) in [6.45, 7) is 4.70. The largest absolute Gasteiger partial charge is 0.379 e. The molecule has 0 spiro atoms. The zero-order valence-electron chi connectivity index (χ0n) is 28.7. The third kappa shape index (κ3) is 22.8. The predicted molar refractivity (Wildman–Crippen MR) is 181 cm³/mol. The first-order valence-corrected chi connectivity index (χ1v) is 17.6. The number of amides is 3. The number of nitrogens with two attached hydrogens (primary N) is 1. The Morgan fingerprint density at radius 2 is 1.08 bits per heavy atom. The molecular formula is C35H58N4O9. The Kier molecular flexibility index (Phi) is 25.2. The normalized spacial score (nSPS) is 17.7. The summed E-state index contributed by atoms with van der Waals surface area (Å²) in [7, 11) is 0. The van der Waals surface area contributed by atoms with Gasteiger partial charge in [-0.15, -0.1) is 11.8 Å². The molecule has 2 aliphatic rings. The summed E-state index contributed by atoms with van der Waals surface area (Å²) in [5.41, 5.74) is 5.36. The maximum Gasteiger partial charge on any atom is 0.246 e. The lowest BCUT2D eigenvalue weighted by molar-refractivity contribution is -0.134. The molecule has 2 atom stereocenters. The van der Waals surface area contributed by atoms with Gasteiger partial charge in [0.15, 0.2) is 0 Å². The molecule has 13 nitrogen and oxygen atoms in total. The van der Waals surface area contributed by atoms with Crippen LogP contribution in [-0.4, -0.2) is 134 Å². The fourth-order valence-corrected chi connectivity index (χ4v) is 4.85. The van der Waals surface area contributed by atoms with E-state index in [1.165, 1.54) is 0 Å². The van der Waals surface area contributed by atoms with Crippen molar-refractivity contribution < 1.29 is 42.8 Å². The molecule has 0 heterocycles. The van der Waals surface area contributed by atoms with Gasteiger partial charge in [-0.3, -0.25) is 14.4 Å². The molecule has 0 bridgehead atoms. The van der Waals surface area contributed by atoms with Crippen LogP contribution in [0.2, 0.25) is 0 Å². The van der Waals surface area contributed by atoms with Crippen molar-refractivity contribution in [3.63, 3.8) is 0 Å². The monoisotopic (exact) mass is 678 g/mol. The molecule has 0 aromatic rings. The second kappa shape index (κ2) is 29.2. The molecule has 0 saturated heterocycles. The summed E-state index contributed by atoms with van der Waals surface area (Å²) in [5, 5.41) is 5.64. The summed E-state index contributed by atoms with van der Waals surface area (Å²) in [5.74, 6) is 11.7. The van der Waals surface area contributed by atoms with Crippen molar-refractivity contribution in [1.29, 1.82) is 0 Å². The fraction of sp³-hybridized carbons (Fsp3) is 0.800. The molecule has 0 aliphatic heterocycles. The van der Waals surface area contributed by atoms with Gasteiger partial charge in [-0.2, -0.15) is 0 Å². The molecule has 13 heteroatoms. The highest BCUT2D eigenvalue weighted by Gasteiger charge is 2.16. The minimum atomic E-state index is -0.261. The topological polar surface area (TPSA) is 160 Å². The van der Waals surface area contributed by atoms with Crippen molar-refractivity contribution in [1.82, 2.24) is 15.5 Å². The first-order chi connectivity index (χ1) is 23.6. The van der Waals surface area contributed by atoms with Crippen molar-refractivity contribution in [2.75, 3.05) is 98.8 Å². The van der Waals surface area contributed by atoms with E-state index in [0.717, 1.165) is 64.2 Å². The highest BCUT2D eigenvalue weighted by atomic mass is 16.6. The van der Waals surface area contributed by atoms with Crippen molar-refractivity contribution in [3.8, 4) is 23.7 Å². The molecule has 4 N–H and O–H groups in total. The smallest absolute Gasteiger partial charge is 0.246 e. The molecule has 2 aliphatic carbocycles. The number of carbonyl (C=O) groups is 3. The first kappa shape index (κ1) is 41.4. The number of nitrogens with one attached hydrogen (secondary N) is 2. The molecule has 3 amide bonds. The summed E-state index contributed by atoms with van der Waals surface area (Å²) < 4.78 is 33.1. The Hall–Kier alpha value is -2.75. The second-order valence-corrected chi connectivity index (χ2v) is 11.5. The van der Waals surface area contributed by atoms with Crippen LogP contribution in [0.5, 0.6) is 0 Å². The molecule has 2 unspecified atom stereocenters. The Morgan fingerprint density at radius 3 is 1.56 bits per heavy atom. The molecule has 0 fully saturated rings. The lowest BCUT2D eigenvalue weighted by atomic mass is 10.1. The Labute approximate surface area is 286 Å². The van der Waals surface area contributed by atoms with E-state index < -0.39 is 0 Å². The van der Waals surface area contributed by atoms with Crippen molar-refractivity contribution in [3.05, 3.63) is 0 Å². The number of rotatable bonds is 26. The zero-order valence-corrected chi connectivity index (χ0v) is 28.7. The van der Waals surface area contributed by atoms with Gasteiger partial charge in [-0.1, -0.05) is 24.7 Å². The van der Waals surface area contributed by atoms with Gasteiger partial charge in [0, 0.05) is 45.6 Å². The summed E-state index contributed by atoms with van der Waals surface area (Å²) in [6, 6.07) is 0. The van der Waals surface area contributed by atoms with Crippen LogP contribution >= 0.6 is 0 Å². The third-order valence-electron chi connectivity index (χ3n) is 7.49. The number of hydrogen-bond donors (Lipinski definition) is 3. The SMILES string of the molecule is NCCOCCOCCOCCOCCC(=O)N(CCNC(=O)COC1C#CCCCCC1)CCNC(=O)COC1C#CCCCCC1. The van der Waals surface area contributed by atoms with Gasteiger partial charge >= 0.3 is 0 Å². The zero-order chi connectivity index (χ0) is 34.3. The highest BCUT2D eigenvalue weighted by molar-refractivity contribution is 5.78. The van der Waals surface area contributed by atoms with Gasteiger partial charge < -0.3 is 49.7 Å². The Bertz CT molecular complexity index is 949. The van der Waals surface area contributed by atoms with Crippen LogP contribution < -0.4 is 16.4 Å². The van der Waals surface area contributed by atoms with Gasteiger partial charge in [0.05, 0.1) is 59.3 Å². The molecule has 0 radical (unpaired) electrons. The van der Waals surface area contributed by atoms with E-state index in [1.807, 2.05) is 0 Å². The van der Waals surface area contributed by atoms with Crippen LogP contribution in [0.4, 0.5) is 0 Å². The standard InChI is InChI=1S/C35H58N4O9/c36-16-22-44-24-26-46-28-27-45-25-23-43-21-15-35(42)39(19-17-37-33(40)29-47-31-11-7-3-1-4-8-12-31)20-18-38-34(41)30-48-32-13-9-5-2-6-10-14-32/h31-32H,1-7,9,11,13,15-30,36H2,(H,37,40)(H,38,41). The fourth-order valence-electron chi connectivity index (χ4n) is 4.85.